The second-order valence-electron chi connectivity index (χ2n) is 7.01. The topological polar surface area (TPSA) is 89.0 Å². The fraction of sp³-hybridized carbons (Fsp3) is 0.125. The van der Waals surface area contributed by atoms with E-state index in [0.29, 0.717) is 11.5 Å². The SMILES string of the molecule is COc1ccc(C(=O)Nc2ccccc2C(=O)N/N=C\c2ccc(Cl)c(C(F)(F)F)c2)cc1OC. The zero-order valence-electron chi connectivity index (χ0n) is 18.4. The van der Waals surface area contributed by atoms with Crippen molar-refractivity contribution in [1.29, 1.82) is 0 Å². The van der Waals surface area contributed by atoms with Crippen LogP contribution in [0.4, 0.5) is 18.9 Å². The smallest absolute Gasteiger partial charge is 0.417 e. The first kappa shape index (κ1) is 25.6. The van der Waals surface area contributed by atoms with Crippen molar-refractivity contribution in [3.63, 3.8) is 0 Å². The Morgan fingerprint density at radius 3 is 2.34 bits per heavy atom. The number of hydrogen-bond donors (Lipinski definition) is 2. The fourth-order valence-electron chi connectivity index (χ4n) is 3.03. The highest BCUT2D eigenvalue weighted by Crippen LogP contribution is 2.35. The van der Waals surface area contributed by atoms with E-state index in [1.165, 1.54) is 44.6 Å². The number of carbonyl (C=O) groups is 2. The van der Waals surface area contributed by atoms with Crippen LogP contribution in [-0.2, 0) is 6.18 Å². The minimum absolute atomic E-state index is 0.0806. The summed E-state index contributed by atoms with van der Waals surface area (Å²) in [5.41, 5.74) is 1.85. The Morgan fingerprint density at radius 1 is 0.943 bits per heavy atom. The maximum atomic E-state index is 13.0. The first-order chi connectivity index (χ1) is 16.6. The van der Waals surface area contributed by atoms with Crippen LogP contribution in [0.5, 0.6) is 11.5 Å². The lowest BCUT2D eigenvalue weighted by molar-refractivity contribution is -0.137. The van der Waals surface area contributed by atoms with Gasteiger partial charge < -0.3 is 14.8 Å². The van der Waals surface area contributed by atoms with Crippen LogP contribution in [0.1, 0.15) is 31.8 Å². The number of para-hydroxylation sites is 1. The van der Waals surface area contributed by atoms with Crippen LogP contribution in [0.25, 0.3) is 0 Å². The Labute approximate surface area is 203 Å². The summed E-state index contributed by atoms with van der Waals surface area (Å²) in [7, 11) is 2.91. The first-order valence-corrected chi connectivity index (χ1v) is 10.3. The van der Waals surface area contributed by atoms with Crippen molar-refractivity contribution in [3.05, 3.63) is 87.9 Å². The lowest BCUT2D eigenvalue weighted by Gasteiger charge is -2.12. The molecule has 3 rings (SSSR count). The van der Waals surface area contributed by atoms with Crippen LogP contribution < -0.4 is 20.2 Å². The quantitative estimate of drug-likeness (QED) is 0.333. The van der Waals surface area contributed by atoms with Gasteiger partial charge in [0.1, 0.15) is 0 Å². The molecule has 0 saturated heterocycles. The number of hydrogen-bond acceptors (Lipinski definition) is 5. The molecule has 0 aliphatic rings. The molecule has 0 bridgehead atoms. The van der Waals surface area contributed by atoms with Crippen molar-refractivity contribution in [1.82, 2.24) is 5.43 Å². The lowest BCUT2D eigenvalue weighted by Crippen LogP contribution is -2.21. The fourth-order valence-corrected chi connectivity index (χ4v) is 3.25. The molecule has 0 saturated carbocycles. The molecular weight excluding hydrogens is 487 g/mol. The molecule has 0 heterocycles. The number of anilines is 1. The van der Waals surface area contributed by atoms with Crippen LogP contribution in [0, 0.1) is 0 Å². The summed E-state index contributed by atoms with van der Waals surface area (Å²) in [5, 5.41) is 5.91. The van der Waals surface area contributed by atoms with Crippen molar-refractivity contribution < 1.29 is 32.2 Å². The van der Waals surface area contributed by atoms with Gasteiger partial charge in [0, 0.05) is 5.56 Å². The summed E-state index contributed by atoms with van der Waals surface area (Å²) in [4.78, 5) is 25.3. The average molecular weight is 506 g/mol. The van der Waals surface area contributed by atoms with Gasteiger partial charge in [-0.05, 0) is 48.0 Å². The van der Waals surface area contributed by atoms with Crippen molar-refractivity contribution in [2.24, 2.45) is 5.10 Å². The maximum absolute atomic E-state index is 13.0. The van der Waals surface area contributed by atoms with E-state index in [0.717, 1.165) is 18.3 Å². The van der Waals surface area contributed by atoms with Gasteiger partial charge in [-0.15, -0.1) is 0 Å². The highest BCUT2D eigenvalue weighted by Gasteiger charge is 2.33. The summed E-state index contributed by atoms with van der Waals surface area (Å²) in [6, 6.07) is 14.0. The third kappa shape index (κ3) is 6.30. The standard InChI is InChI=1S/C24H19ClF3N3O4/c1-34-20-10-8-15(12-21(20)35-2)22(32)30-19-6-4-3-5-16(19)23(33)31-29-13-14-7-9-18(25)17(11-14)24(26,27)28/h3-13H,1-2H3,(H,30,32)(H,31,33)/b29-13-. The number of nitrogens with zero attached hydrogens (tertiary/aromatic N) is 1. The minimum Gasteiger partial charge on any atom is -0.493 e. The molecule has 0 aliphatic heterocycles. The number of alkyl halides is 3. The number of amides is 2. The number of nitrogens with one attached hydrogen (secondary N) is 2. The van der Waals surface area contributed by atoms with Gasteiger partial charge in [-0.1, -0.05) is 29.8 Å². The van der Waals surface area contributed by atoms with Crippen LogP contribution in [0.2, 0.25) is 5.02 Å². The molecule has 0 atom stereocenters. The van der Waals surface area contributed by atoms with Gasteiger partial charge in [-0.2, -0.15) is 18.3 Å². The van der Waals surface area contributed by atoms with E-state index in [4.69, 9.17) is 21.1 Å². The molecule has 0 radical (unpaired) electrons. The zero-order chi connectivity index (χ0) is 25.6. The summed E-state index contributed by atoms with van der Waals surface area (Å²) in [6.07, 6.45) is -3.58. The molecule has 0 aromatic heterocycles. The first-order valence-electron chi connectivity index (χ1n) is 9.96. The van der Waals surface area contributed by atoms with Gasteiger partial charge in [0.25, 0.3) is 11.8 Å². The molecule has 3 aromatic rings. The van der Waals surface area contributed by atoms with E-state index in [-0.39, 0.29) is 22.4 Å². The van der Waals surface area contributed by atoms with E-state index < -0.39 is 28.6 Å². The van der Waals surface area contributed by atoms with Crippen molar-refractivity contribution in [2.75, 3.05) is 19.5 Å². The van der Waals surface area contributed by atoms with Crippen LogP contribution in [0.3, 0.4) is 0 Å². The number of carbonyl (C=O) groups excluding carboxylic acids is 2. The molecule has 3 aromatic carbocycles. The van der Waals surface area contributed by atoms with E-state index in [9.17, 15) is 22.8 Å². The number of benzene rings is 3. The van der Waals surface area contributed by atoms with Gasteiger partial charge >= 0.3 is 6.18 Å². The van der Waals surface area contributed by atoms with Gasteiger partial charge in [0.05, 0.1) is 42.3 Å². The van der Waals surface area contributed by atoms with E-state index >= 15 is 0 Å². The Balaban J connectivity index is 1.74. The highest BCUT2D eigenvalue weighted by atomic mass is 35.5. The molecule has 35 heavy (non-hydrogen) atoms. The van der Waals surface area contributed by atoms with Crippen molar-refractivity contribution in [2.45, 2.75) is 6.18 Å². The molecule has 182 valence electrons. The predicted octanol–water partition coefficient (Wildman–Crippen LogP) is 5.39. The summed E-state index contributed by atoms with van der Waals surface area (Å²) in [5.74, 6) is -0.383. The van der Waals surface area contributed by atoms with Crippen molar-refractivity contribution >= 4 is 35.3 Å². The van der Waals surface area contributed by atoms with Crippen LogP contribution in [0.15, 0.2) is 65.8 Å². The Morgan fingerprint density at radius 2 is 1.66 bits per heavy atom. The Bertz CT molecular complexity index is 1280. The summed E-state index contributed by atoms with van der Waals surface area (Å²) >= 11 is 5.60. The molecule has 0 aliphatic carbocycles. The Hall–Kier alpha value is -4.05. The third-order valence-corrected chi connectivity index (χ3v) is 5.07. The normalized spacial score (nSPS) is 11.3. The van der Waals surface area contributed by atoms with Gasteiger partial charge in [-0.25, -0.2) is 5.43 Å². The van der Waals surface area contributed by atoms with E-state index in [1.807, 2.05) is 0 Å². The summed E-state index contributed by atoms with van der Waals surface area (Å²) in [6.45, 7) is 0. The molecular formula is C24H19ClF3N3O4. The zero-order valence-corrected chi connectivity index (χ0v) is 19.2. The van der Waals surface area contributed by atoms with Gasteiger partial charge in [0.2, 0.25) is 0 Å². The number of ether oxygens (including phenoxy) is 2. The predicted molar refractivity (Wildman–Crippen MR) is 125 cm³/mol. The monoisotopic (exact) mass is 505 g/mol. The maximum Gasteiger partial charge on any atom is 0.417 e. The second kappa shape index (κ2) is 10.9. The van der Waals surface area contributed by atoms with E-state index in [1.54, 1.807) is 18.2 Å². The number of rotatable bonds is 7. The minimum atomic E-state index is -4.63. The highest BCUT2D eigenvalue weighted by molar-refractivity contribution is 6.31. The molecule has 2 amide bonds. The molecule has 11 heteroatoms. The van der Waals surface area contributed by atoms with Crippen LogP contribution >= 0.6 is 11.6 Å². The molecule has 0 fully saturated rings. The molecule has 2 N–H and O–H groups in total. The number of methoxy groups -OCH3 is 2. The third-order valence-electron chi connectivity index (χ3n) is 4.74. The average Bonchev–Trinajstić information content (AvgIpc) is 2.84. The van der Waals surface area contributed by atoms with Crippen LogP contribution in [-0.4, -0.2) is 32.2 Å². The Kier molecular flexibility index (Phi) is 7.98. The largest absolute Gasteiger partial charge is 0.493 e. The van der Waals surface area contributed by atoms with E-state index in [2.05, 4.69) is 15.8 Å². The lowest BCUT2D eigenvalue weighted by atomic mass is 10.1. The number of halogens is 4. The molecule has 7 nitrogen and oxygen atoms in total. The van der Waals surface area contributed by atoms with Gasteiger partial charge in [-0.3, -0.25) is 9.59 Å². The van der Waals surface area contributed by atoms with Crippen molar-refractivity contribution in [3.8, 4) is 11.5 Å². The second-order valence-corrected chi connectivity index (χ2v) is 7.41. The van der Waals surface area contributed by atoms with Gasteiger partial charge in [0.15, 0.2) is 11.5 Å². The summed E-state index contributed by atoms with van der Waals surface area (Å²) < 4.78 is 49.4. The number of hydrazone groups is 1. The molecule has 0 unspecified atom stereocenters. The molecule has 0 spiro atoms.